The number of carboxylic acid groups (broad SMARTS) is 1. The van der Waals surface area contributed by atoms with Crippen LogP contribution in [0.15, 0.2) is 0 Å². The van der Waals surface area contributed by atoms with Crippen LogP contribution in [0.25, 0.3) is 0 Å². The Kier molecular flexibility index (Phi) is 5.78. The zero-order valence-electron chi connectivity index (χ0n) is 6.36. The maximum Gasteiger partial charge on any atom is 0.303 e. The third-order valence-electron chi connectivity index (χ3n) is 1.54. The zero-order chi connectivity index (χ0) is 8.69. The minimum Gasteiger partial charge on any atom is -0.481 e. The van der Waals surface area contributed by atoms with Crippen molar-refractivity contribution in [3.8, 4) is 0 Å². The molecular weight excluding hydrogens is 148 g/mol. The van der Waals surface area contributed by atoms with Crippen LogP contribution in [0.5, 0.6) is 0 Å². The molecule has 0 spiro atoms. The summed E-state index contributed by atoms with van der Waals surface area (Å²) in [5, 5.41) is 25.4. The molecule has 0 fully saturated rings. The third-order valence-corrected chi connectivity index (χ3v) is 1.54. The van der Waals surface area contributed by atoms with E-state index in [0.29, 0.717) is 12.8 Å². The lowest BCUT2D eigenvalue weighted by molar-refractivity contribution is -0.138. The summed E-state index contributed by atoms with van der Waals surface area (Å²) < 4.78 is 0. The van der Waals surface area contributed by atoms with Crippen LogP contribution in [0.2, 0.25) is 0 Å². The number of aliphatic hydroxyl groups is 2. The van der Waals surface area contributed by atoms with Crippen LogP contribution < -0.4 is 0 Å². The largest absolute Gasteiger partial charge is 0.481 e. The normalized spacial score (nSPS) is 10.5. The van der Waals surface area contributed by atoms with Crippen molar-refractivity contribution in [1.82, 2.24) is 0 Å². The molecule has 0 radical (unpaired) electrons. The topological polar surface area (TPSA) is 77.8 Å². The molecule has 0 amide bonds. The predicted octanol–water partition coefficient (Wildman–Crippen LogP) is -0.158. The average Bonchev–Trinajstić information content (AvgIpc) is 1.87. The summed E-state index contributed by atoms with van der Waals surface area (Å²) in [6.07, 6.45) is 0.931. The number of rotatable bonds is 6. The number of hydrogen-bond acceptors (Lipinski definition) is 3. The molecular formula is C7H14O4. The Morgan fingerprint density at radius 2 is 1.64 bits per heavy atom. The van der Waals surface area contributed by atoms with Crippen LogP contribution in [0.3, 0.4) is 0 Å². The van der Waals surface area contributed by atoms with E-state index in [1.54, 1.807) is 0 Å². The zero-order valence-corrected chi connectivity index (χ0v) is 6.36. The van der Waals surface area contributed by atoms with Crippen LogP contribution in [0, 0.1) is 5.92 Å². The smallest absolute Gasteiger partial charge is 0.303 e. The molecule has 0 heterocycles. The maximum atomic E-state index is 10.2. The quantitative estimate of drug-likeness (QED) is 0.507. The van der Waals surface area contributed by atoms with Gasteiger partial charge < -0.3 is 15.3 Å². The number of carbonyl (C=O) groups is 1. The molecule has 0 saturated heterocycles. The lowest BCUT2D eigenvalue weighted by Crippen LogP contribution is -2.11. The SMILES string of the molecule is O=C(O)CC(CCO)CCO. The lowest BCUT2D eigenvalue weighted by atomic mass is 9.99. The van der Waals surface area contributed by atoms with Gasteiger partial charge in [-0.3, -0.25) is 4.79 Å². The molecule has 0 aliphatic heterocycles. The van der Waals surface area contributed by atoms with Gasteiger partial charge in [-0.15, -0.1) is 0 Å². The standard InChI is InChI=1S/C7H14O4/c8-3-1-6(2-4-9)5-7(10)11/h6,8-9H,1-5H2,(H,10,11). The van der Waals surface area contributed by atoms with Crippen molar-refractivity contribution in [3.05, 3.63) is 0 Å². The Morgan fingerprint density at radius 1 is 1.18 bits per heavy atom. The summed E-state index contributed by atoms with van der Waals surface area (Å²) in [6.45, 7) is -0.0319. The first-order chi connectivity index (χ1) is 5.20. The molecule has 4 heteroatoms. The maximum absolute atomic E-state index is 10.2. The summed E-state index contributed by atoms with van der Waals surface area (Å²) in [6, 6.07) is 0. The van der Waals surface area contributed by atoms with Crippen molar-refractivity contribution in [3.63, 3.8) is 0 Å². The highest BCUT2D eigenvalue weighted by Gasteiger charge is 2.11. The summed E-state index contributed by atoms with van der Waals surface area (Å²) in [7, 11) is 0. The Labute approximate surface area is 65.5 Å². The van der Waals surface area contributed by atoms with Gasteiger partial charge in [0, 0.05) is 19.6 Å². The molecule has 0 aliphatic rings. The fourth-order valence-corrected chi connectivity index (χ4v) is 0.961. The summed E-state index contributed by atoms with van der Waals surface area (Å²) in [5.41, 5.74) is 0. The number of hydrogen-bond donors (Lipinski definition) is 3. The fraction of sp³-hybridized carbons (Fsp3) is 0.857. The van der Waals surface area contributed by atoms with Gasteiger partial charge in [-0.1, -0.05) is 0 Å². The molecule has 11 heavy (non-hydrogen) atoms. The van der Waals surface area contributed by atoms with Crippen LogP contribution in [0.4, 0.5) is 0 Å². The molecule has 0 saturated carbocycles. The molecule has 4 nitrogen and oxygen atoms in total. The van der Waals surface area contributed by atoms with E-state index in [9.17, 15) is 4.79 Å². The van der Waals surface area contributed by atoms with Crippen LogP contribution >= 0.6 is 0 Å². The van der Waals surface area contributed by atoms with E-state index >= 15 is 0 Å². The van der Waals surface area contributed by atoms with Crippen molar-refractivity contribution < 1.29 is 20.1 Å². The van der Waals surface area contributed by atoms with Crippen molar-refractivity contribution in [2.45, 2.75) is 19.3 Å². The van der Waals surface area contributed by atoms with Crippen molar-refractivity contribution in [2.75, 3.05) is 13.2 Å². The average molecular weight is 162 g/mol. The van der Waals surface area contributed by atoms with E-state index in [-0.39, 0.29) is 25.6 Å². The minimum atomic E-state index is -0.878. The van der Waals surface area contributed by atoms with Gasteiger partial charge in [0.25, 0.3) is 0 Å². The first-order valence-electron chi connectivity index (χ1n) is 3.64. The Hall–Kier alpha value is -0.610. The summed E-state index contributed by atoms with van der Waals surface area (Å²) >= 11 is 0. The van der Waals surface area contributed by atoms with E-state index < -0.39 is 5.97 Å². The molecule has 0 aromatic rings. The van der Waals surface area contributed by atoms with Crippen LogP contribution in [0.1, 0.15) is 19.3 Å². The van der Waals surface area contributed by atoms with Gasteiger partial charge in [0.05, 0.1) is 0 Å². The lowest BCUT2D eigenvalue weighted by Gasteiger charge is -2.10. The van der Waals surface area contributed by atoms with Gasteiger partial charge >= 0.3 is 5.97 Å². The number of aliphatic carboxylic acids is 1. The fourth-order valence-electron chi connectivity index (χ4n) is 0.961. The second kappa shape index (κ2) is 6.12. The molecule has 66 valence electrons. The first-order valence-corrected chi connectivity index (χ1v) is 3.64. The molecule has 0 aromatic carbocycles. The van der Waals surface area contributed by atoms with E-state index in [2.05, 4.69) is 0 Å². The van der Waals surface area contributed by atoms with E-state index in [0.717, 1.165) is 0 Å². The second-order valence-corrected chi connectivity index (χ2v) is 2.49. The van der Waals surface area contributed by atoms with Gasteiger partial charge in [0.1, 0.15) is 0 Å². The summed E-state index contributed by atoms with van der Waals surface area (Å²) in [4.78, 5) is 10.2. The molecule has 0 rings (SSSR count). The predicted molar refractivity (Wildman–Crippen MR) is 39.1 cm³/mol. The monoisotopic (exact) mass is 162 g/mol. The van der Waals surface area contributed by atoms with Crippen molar-refractivity contribution in [1.29, 1.82) is 0 Å². The Balaban J connectivity index is 3.59. The molecule has 0 aliphatic carbocycles. The Bertz CT molecular complexity index is 107. The van der Waals surface area contributed by atoms with Crippen LogP contribution in [-0.4, -0.2) is 34.5 Å². The van der Waals surface area contributed by atoms with Crippen LogP contribution in [-0.2, 0) is 4.79 Å². The highest BCUT2D eigenvalue weighted by molar-refractivity contribution is 5.66. The second-order valence-electron chi connectivity index (χ2n) is 2.49. The van der Waals surface area contributed by atoms with Gasteiger partial charge in [0.2, 0.25) is 0 Å². The van der Waals surface area contributed by atoms with E-state index in [4.69, 9.17) is 15.3 Å². The molecule has 0 bridgehead atoms. The van der Waals surface area contributed by atoms with Gasteiger partial charge in [0.15, 0.2) is 0 Å². The van der Waals surface area contributed by atoms with Gasteiger partial charge in [-0.05, 0) is 18.8 Å². The Morgan fingerprint density at radius 3 is 1.91 bits per heavy atom. The van der Waals surface area contributed by atoms with Gasteiger partial charge in [-0.25, -0.2) is 0 Å². The molecule has 0 atom stereocenters. The number of carboxylic acids is 1. The minimum absolute atomic E-state index is 0.0159. The highest BCUT2D eigenvalue weighted by Crippen LogP contribution is 2.11. The highest BCUT2D eigenvalue weighted by atomic mass is 16.4. The molecule has 0 unspecified atom stereocenters. The summed E-state index contributed by atoms with van der Waals surface area (Å²) in [5.74, 6) is -0.973. The third kappa shape index (κ3) is 5.82. The van der Waals surface area contributed by atoms with E-state index in [1.165, 1.54) is 0 Å². The van der Waals surface area contributed by atoms with Gasteiger partial charge in [-0.2, -0.15) is 0 Å². The van der Waals surface area contributed by atoms with Crippen molar-refractivity contribution >= 4 is 5.97 Å². The van der Waals surface area contributed by atoms with E-state index in [1.807, 2.05) is 0 Å². The van der Waals surface area contributed by atoms with Crippen molar-refractivity contribution in [2.24, 2.45) is 5.92 Å². The number of aliphatic hydroxyl groups excluding tert-OH is 2. The first kappa shape index (κ1) is 10.4. The molecule has 3 N–H and O–H groups in total. The molecule has 0 aromatic heterocycles.